The molecule has 0 unspecified atom stereocenters. The molecule has 2 heterocycles. The molecule has 186 valence electrons. The van der Waals surface area contributed by atoms with Gasteiger partial charge in [-0.05, 0) is 110 Å². The minimum Gasteiger partial charge on any atom is -0.440 e. The van der Waals surface area contributed by atoms with Crippen LogP contribution in [0.25, 0.3) is 33.5 Å². The Balaban J connectivity index is 1.45. The summed E-state index contributed by atoms with van der Waals surface area (Å²) in [6.45, 7) is -0.680. The molecular weight excluding hydrogens is 440 g/mol. The summed E-state index contributed by atoms with van der Waals surface area (Å²) in [5, 5.41) is 0. The van der Waals surface area contributed by atoms with Crippen LogP contribution in [-0.4, -0.2) is 9.97 Å². The Hall–Kier alpha value is -2.94. The van der Waals surface area contributed by atoms with Crippen LogP contribution in [0.3, 0.4) is 0 Å². The maximum atomic E-state index is 9.23. The molecule has 2 fully saturated rings. The van der Waals surface area contributed by atoms with E-state index in [-0.39, 0.29) is 22.1 Å². The first-order valence-electron chi connectivity index (χ1n) is 17.1. The summed E-state index contributed by atoms with van der Waals surface area (Å²) in [5.74, 6) is -1.31. The summed E-state index contributed by atoms with van der Waals surface area (Å²) in [7, 11) is 0. The first-order valence-corrected chi connectivity index (χ1v) is 13.1. The van der Waals surface area contributed by atoms with Gasteiger partial charge in [0.1, 0.15) is 5.52 Å². The van der Waals surface area contributed by atoms with E-state index in [1.165, 1.54) is 6.20 Å². The second-order valence-corrected chi connectivity index (χ2v) is 11.2. The monoisotopic (exact) mass is 486 g/mol. The summed E-state index contributed by atoms with van der Waals surface area (Å²) in [5.41, 5.74) is 3.62. The SMILES string of the molecule is [2H]C([2H])([2H])c1cnc(-c2ccc3nc(C4([2H])CCCC4)oc3c2)cc1-c1ccc(C2([2H])CCC(C)(C)CC2)cc1C([2H])([2H])[2H]. The van der Waals surface area contributed by atoms with Crippen LogP contribution in [0, 0.1) is 19.1 Å². The lowest BCUT2D eigenvalue weighted by Gasteiger charge is -2.34. The van der Waals surface area contributed by atoms with Gasteiger partial charge in [0, 0.05) is 28.6 Å². The third-order valence-corrected chi connectivity index (χ3v) is 8.02. The molecule has 3 heteroatoms. The van der Waals surface area contributed by atoms with Gasteiger partial charge in [0.05, 0.1) is 5.69 Å². The van der Waals surface area contributed by atoms with E-state index in [0.29, 0.717) is 65.1 Å². The minimum atomic E-state index is -2.54. The molecule has 2 aliphatic carbocycles. The average molecular weight is 487 g/mol. The topological polar surface area (TPSA) is 38.9 Å². The standard InChI is InChI=1S/C33H38N2O/c1-21-17-25(23-13-15-33(3,4)16-14-23)9-11-27(21)28-19-30(34-20-22(28)2)26-10-12-29-31(18-26)36-32(35-29)24-7-5-6-8-24/h9-12,17-20,23-24H,5-8,13-16H2,1-4H3/i1D3,2D3,23D,24D. The van der Waals surface area contributed by atoms with Crippen LogP contribution in [0.15, 0.2) is 53.1 Å². The van der Waals surface area contributed by atoms with Crippen molar-refractivity contribution in [1.82, 2.24) is 9.97 Å². The maximum absolute atomic E-state index is 9.23. The average Bonchev–Trinajstić information content (AvgIpc) is 3.60. The van der Waals surface area contributed by atoms with E-state index in [4.69, 9.17) is 14.0 Å². The van der Waals surface area contributed by atoms with Gasteiger partial charge in [-0.3, -0.25) is 4.98 Å². The first-order chi connectivity index (χ1) is 20.5. The van der Waals surface area contributed by atoms with E-state index in [1.807, 2.05) is 6.07 Å². The molecule has 0 N–H and O–H groups in total. The van der Waals surface area contributed by atoms with Gasteiger partial charge in [-0.15, -0.1) is 0 Å². The van der Waals surface area contributed by atoms with Crippen LogP contribution in [-0.2, 0) is 0 Å². The number of pyridine rings is 1. The Bertz CT molecular complexity index is 1700. The number of oxazole rings is 1. The smallest absolute Gasteiger partial charge is 0.198 e. The second-order valence-electron chi connectivity index (χ2n) is 11.2. The summed E-state index contributed by atoms with van der Waals surface area (Å²) < 4.78 is 74.0. The summed E-state index contributed by atoms with van der Waals surface area (Å²) in [4.78, 5) is 9.07. The van der Waals surface area contributed by atoms with Crippen molar-refractivity contribution in [2.45, 2.75) is 90.7 Å². The lowest BCUT2D eigenvalue weighted by Crippen LogP contribution is -2.20. The lowest BCUT2D eigenvalue weighted by atomic mass is 9.71. The molecule has 0 bridgehead atoms. The Kier molecular flexibility index (Phi) is 4.08. The molecular formula is C33H38N2O. The van der Waals surface area contributed by atoms with Crippen LogP contribution < -0.4 is 0 Å². The summed E-state index contributed by atoms with van der Waals surface area (Å²) in [6.07, 6.45) is 7.66. The van der Waals surface area contributed by atoms with Crippen molar-refractivity contribution in [3.63, 3.8) is 0 Å². The largest absolute Gasteiger partial charge is 0.440 e. The van der Waals surface area contributed by atoms with Crippen molar-refractivity contribution in [2.24, 2.45) is 5.41 Å². The zero-order valence-electron chi connectivity index (χ0n) is 29.1. The van der Waals surface area contributed by atoms with E-state index in [1.54, 1.807) is 36.4 Å². The zero-order chi connectivity index (χ0) is 31.7. The fourth-order valence-electron chi connectivity index (χ4n) is 5.60. The molecule has 0 spiro atoms. The minimum absolute atomic E-state index is 0.0294. The molecule has 36 heavy (non-hydrogen) atoms. The number of fused-ring (bicyclic) bond motifs is 1. The molecule has 2 saturated carbocycles. The number of aryl methyl sites for hydroxylation is 2. The Morgan fingerprint density at radius 3 is 2.47 bits per heavy atom. The summed E-state index contributed by atoms with van der Waals surface area (Å²) in [6, 6.07) is 12.1. The lowest BCUT2D eigenvalue weighted by molar-refractivity contribution is 0.224. The summed E-state index contributed by atoms with van der Waals surface area (Å²) >= 11 is 0. The molecule has 2 aromatic carbocycles. The molecule has 6 rings (SSSR count). The maximum Gasteiger partial charge on any atom is 0.198 e. The highest BCUT2D eigenvalue weighted by Gasteiger charge is 2.28. The van der Waals surface area contributed by atoms with E-state index in [0.717, 1.165) is 25.7 Å². The van der Waals surface area contributed by atoms with E-state index in [9.17, 15) is 1.37 Å². The van der Waals surface area contributed by atoms with Crippen molar-refractivity contribution in [2.75, 3.05) is 0 Å². The molecule has 0 saturated heterocycles. The molecule has 0 radical (unpaired) electrons. The third-order valence-electron chi connectivity index (χ3n) is 8.02. The van der Waals surface area contributed by atoms with Gasteiger partial charge in [0.25, 0.3) is 0 Å². The normalized spacial score (nSPS) is 24.5. The molecule has 3 nitrogen and oxygen atoms in total. The van der Waals surface area contributed by atoms with Gasteiger partial charge < -0.3 is 4.42 Å². The van der Waals surface area contributed by atoms with Crippen LogP contribution in [0.4, 0.5) is 0 Å². The van der Waals surface area contributed by atoms with Crippen molar-refractivity contribution in [1.29, 1.82) is 0 Å². The van der Waals surface area contributed by atoms with E-state index >= 15 is 0 Å². The van der Waals surface area contributed by atoms with Gasteiger partial charge in [0.2, 0.25) is 0 Å². The van der Waals surface area contributed by atoms with E-state index < -0.39 is 25.5 Å². The van der Waals surface area contributed by atoms with Crippen molar-refractivity contribution >= 4 is 11.1 Å². The zero-order valence-corrected chi connectivity index (χ0v) is 21.1. The predicted molar refractivity (Wildman–Crippen MR) is 148 cm³/mol. The molecule has 0 atom stereocenters. The Labute approximate surface area is 226 Å². The van der Waals surface area contributed by atoms with Crippen molar-refractivity contribution < 1.29 is 15.4 Å². The molecule has 2 aliphatic rings. The highest BCUT2D eigenvalue weighted by molar-refractivity contribution is 5.81. The number of nitrogens with zero attached hydrogens (tertiary/aromatic N) is 2. The first kappa shape index (κ1) is 16.0. The van der Waals surface area contributed by atoms with Gasteiger partial charge in [-0.25, -0.2) is 4.98 Å². The molecule has 0 aliphatic heterocycles. The number of benzene rings is 2. The molecule has 4 aromatic rings. The van der Waals surface area contributed by atoms with Crippen LogP contribution in [0.5, 0.6) is 0 Å². The van der Waals surface area contributed by atoms with Gasteiger partial charge in [-0.1, -0.05) is 51.0 Å². The van der Waals surface area contributed by atoms with Gasteiger partial charge >= 0.3 is 0 Å². The van der Waals surface area contributed by atoms with Crippen LogP contribution in [0.2, 0.25) is 0 Å². The highest BCUT2D eigenvalue weighted by Crippen LogP contribution is 2.43. The fraction of sp³-hybridized carbons (Fsp3) is 0.455. The van der Waals surface area contributed by atoms with Crippen LogP contribution >= 0.6 is 0 Å². The Morgan fingerprint density at radius 1 is 0.889 bits per heavy atom. The number of hydrogen-bond donors (Lipinski definition) is 0. The van der Waals surface area contributed by atoms with E-state index in [2.05, 4.69) is 23.8 Å². The fourth-order valence-corrected chi connectivity index (χ4v) is 5.60. The Morgan fingerprint density at radius 2 is 1.69 bits per heavy atom. The number of aromatic nitrogens is 2. The van der Waals surface area contributed by atoms with Crippen molar-refractivity contribution in [3.05, 3.63) is 71.2 Å². The number of hydrogen-bond acceptors (Lipinski definition) is 3. The third kappa shape index (κ3) is 4.49. The molecule has 0 amide bonds. The predicted octanol–water partition coefficient (Wildman–Crippen LogP) is 9.52. The van der Waals surface area contributed by atoms with Crippen LogP contribution in [0.1, 0.15) is 111 Å². The highest BCUT2D eigenvalue weighted by atomic mass is 16.3. The van der Waals surface area contributed by atoms with Gasteiger partial charge in [-0.2, -0.15) is 0 Å². The van der Waals surface area contributed by atoms with Gasteiger partial charge in [0.15, 0.2) is 11.5 Å². The number of rotatable bonds is 4. The quantitative estimate of drug-likeness (QED) is 0.288. The van der Waals surface area contributed by atoms with Crippen molar-refractivity contribution in [3.8, 4) is 22.4 Å². The second kappa shape index (κ2) is 9.18. The molecule has 2 aromatic heterocycles.